The summed E-state index contributed by atoms with van der Waals surface area (Å²) in [5.74, 6) is -0.760. The Labute approximate surface area is 142 Å². The Hall–Kier alpha value is -2.20. The van der Waals surface area contributed by atoms with Gasteiger partial charge in [-0.05, 0) is 31.5 Å². The van der Waals surface area contributed by atoms with Gasteiger partial charge in [-0.2, -0.15) is 0 Å². The molecule has 2 aromatic carbocycles. The van der Waals surface area contributed by atoms with E-state index in [4.69, 9.17) is 4.74 Å². The second-order valence-electron chi connectivity index (χ2n) is 6.83. The normalized spacial score (nSPS) is 20.0. The fourth-order valence-electron chi connectivity index (χ4n) is 3.04. The van der Waals surface area contributed by atoms with Crippen molar-refractivity contribution in [2.24, 2.45) is 0 Å². The predicted molar refractivity (Wildman–Crippen MR) is 91.4 cm³/mol. The third-order valence-electron chi connectivity index (χ3n) is 4.44. The van der Waals surface area contributed by atoms with Gasteiger partial charge in [-0.15, -0.1) is 0 Å². The zero-order valence-corrected chi connectivity index (χ0v) is 14.0. The second-order valence-corrected chi connectivity index (χ2v) is 6.83. The number of halogens is 1. The van der Waals surface area contributed by atoms with Crippen LogP contribution in [-0.4, -0.2) is 35.6 Å². The molecule has 0 spiro atoms. The molecule has 0 aliphatic carbocycles. The van der Waals surface area contributed by atoms with E-state index in [9.17, 15) is 9.18 Å². The summed E-state index contributed by atoms with van der Waals surface area (Å²) in [6, 6.07) is 16.2. The number of hydrogen-bond donors (Lipinski definition) is 0. The Balaban J connectivity index is 1.79. The molecule has 0 bridgehead atoms. The van der Waals surface area contributed by atoms with Gasteiger partial charge in [-0.25, -0.2) is 4.39 Å². The first-order valence-corrected chi connectivity index (χ1v) is 8.19. The Morgan fingerprint density at radius 1 is 1.17 bits per heavy atom. The Bertz CT molecular complexity index is 715. The fraction of sp³-hybridized carbons (Fsp3) is 0.350. The molecule has 0 aromatic heterocycles. The molecule has 0 saturated carbocycles. The highest BCUT2D eigenvalue weighted by Gasteiger charge is 2.39. The molecule has 1 fully saturated rings. The lowest BCUT2D eigenvalue weighted by molar-refractivity contribution is -0.0822. The van der Waals surface area contributed by atoms with E-state index in [0.29, 0.717) is 13.2 Å². The van der Waals surface area contributed by atoms with Crippen LogP contribution >= 0.6 is 0 Å². The second kappa shape index (κ2) is 6.73. The number of carbonyl (C=O) groups is 1. The number of ether oxygens (including phenoxy) is 1. The summed E-state index contributed by atoms with van der Waals surface area (Å²) in [6.07, 6.45) is 0.647. The van der Waals surface area contributed by atoms with Crippen molar-refractivity contribution in [3.8, 4) is 0 Å². The van der Waals surface area contributed by atoms with E-state index in [2.05, 4.69) is 0 Å². The molecule has 126 valence electrons. The summed E-state index contributed by atoms with van der Waals surface area (Å²) in [5.41, 5.74) is 0.818. The number of morpholine rings is 1. The minimum absolute atomic E-state index is 0.0869. The highest BCUT2D eigenvalue weighted by molar-refractivity contribution is 5.95. The number of amides is 1. The first kappa shape index (κ1) is 16.7. The lowest BCUT2D eigenvalue weighted by Gasteiger charge is -2.45. The van der Waals surface area contributed by atoms with Crippen LogP contribution in [0.4, 0.5) is 4.39 Å². The van der Waals surface area contributed by atoms with Crippen LogP contribution in [0.3, 0.4) is 0 Å². The number of rotatable bonds is 3. The van der Waals surface area contributed by atoms with Gasteiger partial charge in [0.1, 0.15) is 5.82 Å². The summed E-state index contributed by atoms with van der Waals surface area (Å²) in [5, 5.41) is 0. The van der Waals surface area contributed by atoms with Crippen molar-refractivity contribution in [1.82, 2.24) is 4.90 Å². The third kappa shape index (κ3) is 3.49. The molecule has 1 amide bonds. The third-order valence-corrected chi connectivity index (χ3v) is 4.44. The monoisotopic (exact) mass is 327 g/mol. The molecule has 1 saturated heterocycles. The molecule has 1 unspecified atom stereocenters. The zero-order valence-electron chi connectivity index (χ0n) is 14.0. The quantitative estimate of drug-likeness (QED) is 0.860. The van der Waals surface area contributed by atoms with Gasteiger partial charge < -0.3 is 9.64 Å². The van der Waals surface area contributed by atoms with Gasteiger partial charge in [0.05, 0.1) is 23.8 Å². The average Bonchev–Trinajstić information content (AvgIpc) is 2.57. The van der Waals surface area contributed by atoms with Crippen molar-refractivity contribution >= 4 is 5.91 Å². The molecule has 1 aliphatic heterocycles. The van der Waals surface area contributed by atoms with Gasteiger partial charge in [0.15, 0.2) is 0 Å². The first-order chi connectivity index (χ1) is 11.5. The molecule has 3 rings (SSSR count). The van der Waals surface area contributed by atoms with Crippen LogP contribution in [0.15, 0.2) is 54.6 Å². The van der Waals surface area contributed by atoms with Crippen molar-refractivity contribution < 1.29 is 13.9 Å². The van der Waals surface area contributed by atoms with Crippen molar-refractivity contribution in [3.05, 3.63) is 71.5 Å². The summed E-state index contributed by atoms with van der Waals surface area (Å²) in [7, 11) is 0. The molecule has 3 nitrogen and oxygen atoms in total. The van der Waals surface area contributed by atoms with E-state index in [-0.39, 0.29) is 17.6 Å². The van der Waals surface area contributed by atoms with Crippen LogP contribution in [0.25, 0.3) is 0 Å². The van der Waals surface area contributed by atoms with E-state index in [0.717, 1.165) is 6.42 Å². The average molecular weight is 327 g/mol. The van der Waals surface area contributed by atoms with Crippen LogP contribution in [0, 0.1) is 5.82 Å². The van der Waals surface area contributed by atoms with Crippen molar-refractivity contribution in [3.63, 3.8) is 0 Å². The lowest BCUT2D eigenvalue weighted by Crippen LogP contribution is -2.58. The molecule has 1 heterocycles. The number of hydrogen-bond acceptors (Lipinski definition) is 2. The molecule has 1 aliphatic rings. The van der Waals surface area contributed by atoms with E-state index in [1.807, 2.05) is 44.2 Å². The van der Waals surface area contributed by atoms with E-state index < -0.39 is 11.4 Å². The largest absolute Gasteiger partial charge is 0.374 e. The van der Waals surface area contributed by atoms with Gasteiger partial charge in [-0.1, -0.05) is 42.5 Å². The molecule has 2 aromatic rings. The zero-order chi connectivity index (χ0) is 17.2. The Morgan fingerprint density at radius 3 is 2.54 bits per heavy atom. The van der Waals surface area contributed by atoms with Crippen molar-refractivity contribution in [2.75, 3.05) is 13.2 Å². The standard InChI is InChI=1S/C20H22FNO2/c1-20(2)14-24-16(12-15-8-4-3-5-9-15)13-22(20)19(23)17-10-6-7-11-18(17)21/h3-11,16H,12-14H2,1-2H3. The van der Waals surface area contributed by atoms with E-state index in [1.54, 1.807) is 17.0 Å². The summed E-state index contributed by atoms with van der Waals surface area (Å²) < 4.78 is 20.0. The highest BCUT2D eigenvalue weighted by Crippen LogP contribution is 2.26. The molecule has 0 N–H and O–H groups in total. The van der Waals surface area contributed by atoms with Gasteiger partial charge >= 0.3 is 0 Å². The summed E-state index contributed by atoms with van der Waals surface area (Å²) >= 11 is 0. The van der Waals surface area contributed by atoms with Crippen LogP contribution in [0.1, 0.15) is 29.8 Å². The number of carbonyl (C=O) groups excluding carboxylic acids is 1. The van der Waals surface area contributed by atoms with Crippen LogP contribution in [-0.2, 0) is 11.2 Å². The topological polar surface area (TPSA) is 29.5 Å². The van der Waals surface area contributed by atoms with E-state index in [1.165, 1.54) is 17.7 Å². The highest BCUT2D eigenvalue weighted by atomic mass is 19.1. The summed E-state index contributed by atoms with van der Waals surface area (Å²) in [6.45, 7) is 4.79. The van der Waals surface area contributed by atoms with Crippen LogP contribution in [0.2, 0.25) is 0 Å². The minimum Gasteiger partial charge on any atom is -0.374 e. The van der Waals surface area contributed by atoms with Gasteiger partial charge in [0, 0.05) is 13.0 Å². The Kier molecular flexibility index (Phi) is 4.67. The van der Waals surface area contributed by atoms with Gasteiger partial charge in [0.2, 0.25) is 0 Å². The smallest absolute Gasteiger partial charge is 0.257 e. The first-order valence-electron chi connectivity index (χ1n) is 8.19. The molecular weight excluding hydrogens is 305 g/mol. The lowest BCUT2D eigenvalue weighted by atomic mass is 9.97. The van der Waals surface area contributed by atoms with Crippen molar-refractivity contribution in [1.29, 1.82) is 0 Å². The van der Waals surface area contributed by atoms with Gasteiger partial charge in [-0.3, -0.25) is 4.79 Å². The predicted octanol–water partition coefficient (Wildman–Crippen LogP) is 3.69. The Morgan fingerprint density at radius 2 is 1.83 bits per heavy atom. The maximum absolute atomic E-state index is 14.0. The van der Waals surface area contributed by atoms with Crippen LogP contribution in [0.5, 0.6) is 0 Å². The van der Waals surface area contributed by atoms with E-state index >= 15 is 0 Å². The maximum atomic E-state index is 14.0. The molecular formula is C20H22FNO2. The number of nitrogens with zero attached hydrogens (tertiary/aromatic N) is 1. The molecule has 1 atom stereocenters. The molecule has 4 heteroatoms. The molecule has 0 radical (unpaired) electrons. The fourth-order valence-corrected chi connectivity index (χ4v) is 3.04. The van der Waals surface area contributed by atoms with Gasteiger partial charge in [0.25, 0.3) is 5.91 Å². The maximum Gasteiger partial charge on any atom is 0.257 e. The van der Waals surface area contributed by atoms with Crippen molar-refractivity contribution in [2.45, 2.75) is 31.9 Å². The SMILES string of the molecule is CC1(C)COC(Cc2ccccc2)CN1C(=O)c1ccccc1F. The van der Waals surface area contributed by atoms with Crippen LogP contribution < -0.4 is 0 Å². The molecule has 24 heavy (non-hydrogen) atoms. The number of benzene rings is 2. The minimum atomic E-state index is -0.482. The summed E-state index contributed by atoms with van der Waals surface area (Å²) in [4.78, 5) is 14.6.